The number of hydrogen-bond donors (Lipinski definition) is 1. The number of carboxylic acids is 1. The molecule has 0 aliphatic carbocycles. The number of nitro groups is 1. The van der Waals surface area contributed by atoms with Gasteiger partial charge in [0.1, 0.15) is 5.56 Å². The smallest absolute Gasteiger partial charge is 0.387 e. The van der Waals surface area contributed by atoms with Gasteiger partial charge in [-0.15, -0.1) is 0 Å². The summed E-state index contributed by atoms with van der Waals surface area (Å²) in [4.78, 5) is 35.4. The van der Waals surface area contributed by atoms with E-state index in [-0.39, 0.29) is 24.4 Å². The van der Waals surface area contributed by atoms with Gasteiger partial charge in [-0.05, 0) is 12.8 Å². The maximum atomic E-state index is 12.7. The highest BCUT2D eigenvalue weighted by Crippen LogP contribution is 2.36. The van der Waals surface area contributed by atoms with Crippen LogP contribution in [0.5, 0.6) is 11.5 Å². The van der Waals surface area contributed by atoms with E-state index in [1.807, 2.05) is 0 Å². The molecule has 0 aromatic heterocycles. The van der Waals surface area contributed by atoms with E-state index in [2.05, 4.69) is 4.74 Å². The van der Waals surface area contributed by atoms with Gasteiger partial charge in [-0.1, -0.05) is 0 Å². The second-order valence-electron chi connectivity index (χ2n) is 5.58. The van der Waals surface area contributed by atoms with E-state index in [0.717, 1.165) is 13.2 Å². The number of aliphatic carboxylic acids is 1. The number of carbonyl (C=O) groups excluding carboxylic acids is 1. The Bertz CT molecular complexity index is 726. The molecule has 2 rings (SSSR count). The minimum Gasteiger partial charge on any atom is -0.493 e. The number of methoxy groups -OCH3 is 1. The van der Waals surface area contributed by atoms with Gasteiger partial charge < -0.3 is 19.5 Å². The third kappa shape index (κ3) is 4.16. The monoisotopic (exact) mass is 374 g/mol. The summed E-state index contributed by atoms with van der Waals surface area (Å²) in [6.45, 7) is -3.09. The second kappa shape index (κ2) is 7.93. The first-order chi connectivity index (χ1) is 12.2. The van der Waals surface area contributed by atoms with E-state index in [0.29, 0.717) is 18.9 Å². The Morgan fingerprint density at radius 2 is 2.08 bits per heavy atom. The van der Waals surface area contributed by atoms with E-state index in [1.165, 1.54) is 4.90 Å². The summed E-state index contributed by atoms with van der Waals surface area (Å²) >= 11 is 0. The number of piperidine rings is 1. The van der Waals surface area contributed by atoms with Crippen LogP contribution in [-0.4, -0.2) is 53.6 Å². The molecule has 1 N–H and O–H groups in total. The molecule has 0 radical (unpaired) electrons. The molecule has 9 nitrogen and oxygen atoms in total. The van der Waals surface area contributed by atoms with E-state index in [9.17, 15) is 28.5 Å². The molecule has 11 heteroatoms. The molecule has 1 fully saturated rings. The van der Waals surface area contributed by atoms with E-state index >= 15 is 0 Å². The third-order valence-electron chi connectivity index (χ3n) is 3.98. The Kier molecular flexibility index (Phi) is 5.90. The van der Waals surface area contributed by atoms with Crippen LogP contribution in [-0.2, 0) is 4.79 Å². The minimum absolute atomic E-state index is 0.0943. The Morgan fingerprint density at radius 3 is 2.62 bits per heavy atom. The zero-order chi connectivity index (χ0) is 19.4. The van der Waals surface area contributed by atoms with E-state index < -0.39 is 40.8 Å². The van der Waals surface area contributed by atoms with Crippen molar-refractivity contribution in [1.29, 1.82) is 0 Å². The predicted molar refractivity (Wildman–Crippen MR) is 82.5 cm³/mol. The van der Waals surface area contributed by atoms with Crippen LogP contribution >= 0.6 is 0 Å². The maximum absolute atomic E-state index is 12.7. The highest BCUT2D eigenvalue weighted by atomic mass is 19.3. The molecule has 0 saturated carbocycles. The van der Waals surface area contributed by atoms with Crippen molar-refractivity contribution in [2.45, 2.75) is 19.5 Å². The molecule has 26 heavy (non-hydrogen) atoms. The van der Waals surface area contributed by atoms with Crippen molar-refractivity contribution in [3.63, 3.8) is 0 Å². The minimum atomic E-state index is -3.23. The van der Waals surface area contributed by atoms with Crippen LogP contribution in [0.2, 0.25) is 0 Å². The zero-order valence-electron chi connectivity index (χ0n) is 13.7. The molecule has 1 atom stereocenters. The molecule has 1 saturated heterocycles. The fourth-order valence-electron chi connectivity index (χ4n) is 2.75. The van der Waals surface area contributed by atoms with Gasteiger partial charge in [-0.3, -0.25) is 19.7 Å². The van der Waals surface area contributed by atoms with Crippen LogP contribution in [0.4, 0.5) is 14.5 Å². The number of ether oxygens (including phenoxy) is 2. The van der Waals surface area contributed by atoms with Crippen molar-refractivity contribution in [1.82, 2.24) is 4.90 Å². The van der Waals surface area contributed by atoms with Crippen molar-refractivity contribution >= 4 is 17.6 Å². The van der Waals surface area contributed by atoms with Crippen LogP contribution in [0.1, 0.15) is 23.2 Å². The molecule has 1 aromatic rings. The highest BCUT2D eigenvalue weighted by Gasteiger charge is 2.33. The number of alkyl halides is 2. The Labute approximate surface area is 146 Å². The fourth-order valence-corrected chi connectivity index (χ4v) is 2.75. The summed E-state index contributed by atoms with van der Waals surface area (Å²) in [5.74, 6) is -3.45. The second-order valence-corrected chi connectivity index (χ2v) is 5.58. The SMILES string of the molecule is COc1cc(C(=O)N2CCCC(C(=O)O)C2)c([N+](=O)[O-])cc1OC(F)F. The van der Waals surface area contributed by atoms with Crippen molar-refractivity contribution in [2.75, 3.05) is 20.2 Å². The van der Waals surface area contributed by atoms with Crippen LogP contribution < -0.4 is 9.47 Å². The summed E-state index contributed by atoms with van der Waals surface area (Å²) < 4.78 is 34.0. The summed E-state index contributed by atoms with van der Waals surface area (Å²) in [6, 6.07) is 1.64. The van der Waals surface area contributed by atoms with Crippen molar-refractivity contribution < 1.29 is 37.9 Å². The van der Waals surface area contributed by atoms with Gasteiger partial charge in [0.15, 0.2) is 11.5 Å². The number of amides is 1. The average Bonchev–Trinajstić information content (AvgIpc) is 2.60. The molecule has 1 unspecified atom stereocenters. The van der Waals surface area contributed by atoms with Gasteiger partial charge in [0.25, 0.3) is 11.6 Å². The van der Waals surface area contributed by atoms with Gasteiger partial charge in [0.05, 0.1) is 24.0 Å². The Hall–Kier alpha value is -2.98. The lowest BCUT2D eigenvalue weighted by molar-refractivity contribution is -0.385. The molecule has 0 bridgehead atoms. The normalized spacial score (nSPS) is 17.1. The molecule has 142 valence electrons. The van der Waals surface area contributed by atoms with E-state index in [1.54, 1.807) is 0 Å². The van der Waals surface area contributed by atoms with Crippen molar-refractivity contribution in [3.8, 4) is 11.5 Å². The summed E-state index contributed by atoms with van der Waals surface area (Å²) in [5.41, 5.74) is -1.12. The lowest BCUT2D eigenvalue weighted by Gasteiger charge is -2.30. The average molecular weight is 374 g/mol. The number of nitrogens with zero attached hydrogens (tertiary/aromatic N) is 2. The standard InChI is InChI=1S/C15H16F2N2O7/c1-25-11-5-9(10(19(23)24)6-12(11)26-15(16)17)13(20)18-4-2-3-8(7-18)14(21)22/h5-6,8,15H,2-4,7H2,1H3,(H,21,22). The number of hydrogen-bond acceptors (Lipinski definition) is 6. The number of halogens is 2. The number of nitro benzene ring substituents is 1. The molecule has 1 aliphatic rings. The van der Waals surface area contributed by atoms with Gasteiger partial charge in [-0.2, -0.15) is 8.78 Å². The zero-order valence-corrected chi connectivity index (χ0v) is 13.7. The largest absolute Gasteiger partial charge is 0.493 e. The lowest BCUT2D eigenvalue weighted by atomic mass is 9.97. The first-order valence-corrected chi connectivity index (χ1v) is 7.58. The lowest BCUT2D eigenvalue weighted by Crippen LogP contribution is -2.42. The summed E-state index contributed by atoms with van der Waals surface area (Å²) in [7, 11) is 1.13. The third-order valence-corrected chi connectivity index (χ3v) is 3.98. The first kappa shape index (κ1) is 19.3. The fraction of sp³-hybridized carbons (Fsp3) is 0.467. The Morgan fingerprint density at radius 1 is 1.38 bits per heavy atom. The quantitative estimate of drug-likeness (QED) is 0.598. The highest BCUT2D eigenvalue weighted by molar-refractivity contribution is 5.99. The van der Waals surface area contributed by atoms with Crippen molar-refractivity contribution in [3.05, 3.63) is 27.8 Å². The van der Waals surface area contributed by atoms with Gasteiger partial charge >= 0.3 is 12.6 Å². The molecule has 1 aromatic carbocycles. The van der Waals surface area contributed by atoms with E-state index in [4.69, 9.17) is 9.84 Å². The van der Waals surface area contributed by atoms with Crippen LogP contribution in [0.15, 0.2) is 12.1 Å². The number of carbonyl (C=O) groups is 2. The molecule has 1 aliphatic heterocycles. The Balaban J connectivity index is 2.41. The van der Waals surface area contributed by atoms with Gasteiger partial charge in [0, 0.05) is 19.2 Å². The van der Waals surface area contributed by atoms with Crippen LogP contribution in [0.25, 0.3) is 0 Å². The summed E-state index contributed by atoms with van der Waals surface area (Å²) in [5, 5.41) is 20.4. The topological polar surface area (TPSA) is 119 Å². The predicted octanol–water partition coefficient (Wildman–Crippen LogP) is 2.14. The molecule has 1 amide bonds. The maximum Gasteiger partial charge on any atom is 0.387 e. The number of likely N-dealkylation sites (tertiary alicyclic amines) is 1. The molecule has 0 spiro atoms. The van der Waals surface area contributed by atoms with Crippen LogP contribution in [0, 0.1) is 16.0 Å². The molecule has 1 heterocycles. The number of rotatable bonds is 6. The molecular formula is C15H16F2N2O7. The van der Waals surface area contributed by atoms with Gasteiger partial charge in [-0.25, -0.2) is 0 Å². The van der Waals surface area contributed by atoms with Crippen LogP contribution in [0.3, 0.4) is 0 Å². The number of benzene rings is 1. The molecular weight excluding hydrogens is 358 g/mol. The summed E-state index contributed by atoms with van der Waals surface area (Å²) in [6.07, 6.45) is 0.825. The van der Waals surface area contributed by atoms with Crippen molar-refractivity contribution in [2.24, 2.45) is 5.92 Å². The number of carboxylic acid groups (broad SMARTS) is 1. The van der Waals surface area contributed by atoms with Gasteiger partial charge in [0.2, 0.25) is 0 Å². The first-order valence-electron chi connectivity index (χ1n) is 7.58.